The quantitative estimate of drug-likeness (QED) is 0.864. The van der Waals surface area contributed by atoms with Crippen LogP contribution in [0.3, 0.4) is 0 Å². The van der Waals surface area contributed by atoms with E-state index >= 15 is 0 Å². The molecule has 2 atom stereocenters. The average Bonchev–Trinajstić information content (AvgIpc) is 2.56. The van der Waals surface area contributed by atoms with Gasteiger partial charge in [-0.25, -0.2) is 0 Å². The van der Waals surface area contributed by atoms with Crippen molar-refractivity contribution in [3.05, 3.63) is 34.9 Å². The van der Waals surface area contributed by atoms with E-state index in [9.17, 15) is 9.59 Å². The molecule has 0 aliphatic carbocycles. The fourth-order valence-electron chi connectivity index (χ4n) is 2.27. The Morgan fingerprint density at radius 3 is 2.82 bits per heavy atom. The number of nitrogens with two attached hydrogens (primary N) is 1. The number of carbonyl (C=O) groups excluding carboxylic acids is 2. The standard InChI is InChI=1S/C12H13ClN2O2/c1-15-10(16)6-9(12(14)17)11(15)7-3-2-4-8(13)5-7/h2-5,9,11H,6H2,1H3,(H2,14,17)/t9-,11-/m0/s1. The van der Waals surface area contributed by atoms with E-state index in [1.54, 1.807) is 30.1 Å². The summed E-state index contributed by atoms with van der Waals surface area (Å²) in [6, 6.07) is 6.85. The van der Waals surface area contributed by atoms with E-state index in [-0.39, 0.29) is 18.4 Å². The van der Waals surface area contributed by atoms with E-state index in [1.807, 2.05) is 6.07 Å². The van der Waals surface area contributed by atoms with Gasteiger partial charge in [-0.2, -0.15) is 0 Å². The van der Waals surface area contributed by atoms with Crippen molar-refractivity contribution >= 4 is 23.4 Å². The van der Waals surface area contributed by atoms with Crippen LogP contribution >= 0.6 is 11.6 Å². The van der Waals surface area contributed by atoms with Crippen LogP contribution in [0.4, 0.5) is 0 Å². The first-order valence-electron chi connectivity index (χ1n) is 5.31. The van der Waals surface area contributed by atoms with Crippen LogP contribution in [0.5, 0.6) is 0 Å². The number of benzene rings is 1. The first-order valence-corrected chi connectivity index (χ1v) is 5.69. The van der Waals surface area contributed by atoms with Crippen LogP contribution in [-0.2, 0) is 9.59 Å². The van der Waals surface area contributed by atoms with Gasteiger partial charge >= 0.3 is 0 Å². The van der Waals surface area contributed by atoms with Gasteiger partial charge in [-0.15, -0.1) is 0 Å². The number of rotatable bonds is 2. The average molecular weight is 253 g/mol. The molecule has 0 spiro atoms. The van der Waals surface area contributed by atoms with Crippen LogP contribution in [0, 0.1) is 5.92 Å². The Morgan fingerprint density at radius 2 is 2.24 bits per heavy atom. The maximum Gasteiger partial charge on any atom is 0.223 e. The van der Waals surface area contributed by atoms with Crippen molar-refractivity contribution in [2.45, 2.75) is 12.5 Å². The van der Waals surface area contributed by atoms with Gasteiger partial charge in [0.1, 0.15) is 0 Å². The molecule has 0 saturated carbocycles. The first kappa shape index (κ1) is 11.9. The molecule has 0 radical (unpaired) electrons. The van der Waals surface area contributed by atoms with Crippen molar-refractivity contribution in [1.29, 1.82) is 0 Å². The van der Waals surface area contributed by atoms with Gasteiger partial charge in [0.15, 0.2) is 0 Å². The highest BCUT2D eigenvalue weighted by atomic mass is 35.5. The molecule has 0 unspecified atom stereocenters. The summed E-state index contributed by atoms with van der Waals surface area (Å²) in [6.45, 7) is 0. The lowest BCUT2D eigenvalue weighted by atomic mass is 9.93. The zero-order valence-electron chi connectivity index (χ0n) is 9.39. The molecule has 2 rings (SSSR count). The molecule has 17 heavy (non-hydrogen) atoms. The molecule has 1 aromatic carbocycles. The van der Waals surface area contributed by atoms with Gasteiger partial charge < -0.3 is 10.6 Å². The van der Waals surface area contributed by atoms with E-state index in [0.29, 0.717) is 5.02 Å². The number of amides is 2. The monoisotopic (exact) mass is 252 g/mol. The van der Waals surface area contributed by atoms with E-state index in [2.05, 4.69) is 0 Å². The maximum atomic E-state index is 11.6. The van der Waals surface area contributed by atoms with Crippen LogP contribution in [-0.4, -0.2) is 23.8 Å². The van der Waals surface area contributed by atoms with Crippen molar-refractivity contribution in [3.8, 4) is 0 Å². The highest BCUT2D eigenvalue weighted by Gasteiger charge is 2.41. The summed E-state index contributed by atoms with van der Waals surface area (Å²) in [5.41, 5.74) is 6.18. The maximum absolute atomic E-state index is 11.6. The third kappa shape index (κ3) is 2.13. The molecule has 1 saturated heterocycles. The fraction of sp³-hybridized carbons (Fsp3) is 0.333. The molecule has 0 bridgehead atoms. The first-order chi connectivity index (χ1) is 8.00. The summed E-state index contributed by atoms with van der Waals surface area (Å²) >= 11 is 5.92. The normalized spacial score (nSPS) is 24.1. The minimum Gasteiger partial charge on any atom is -0.369 e. The Kier molecular flexibility index (Phi) is 3.07. The molecule has 2 N–H and O–H groups in total. The minimum atomic E-state index is -0.481. The highest BCUT2D eigenvalue weighted by molar-refractivity contribution is 6.30. The van der Waals surface area contributed by atoms with Crippen molar-refractivity contribution < 1.29 is 9.59 Å². The van der Waals surface area contributed by atoms with Gasteiger partial charge in [-0.05, 0) is 17.7 Å². The SMILES string of the molecule is CN1C(=O)C[C@H](C(N)=O)[C@@H]1c1cccc(Cl)c1. The summed E-state index contributed by atoms with van der Waals surface area (Å²) < 4.78 is 0. The Hall–Kier alpha value is -1.55. The number of primary amides is 1. The predicted molar refractivity (Wildman–Crippen MR) is 64.3 cm³/mol. The van der Waals surface area contributed by atoms with Gasteiger partial charge in [0.2, 0.25) is 11.8 Å². The summed E-state index contributed by atoms with van der Waals surface area (Å²) in [7, 11) is 1.68. The Balaban J connectivity index is 2.40. The van der Waals surface area contributed by atoms with Crippen LogP contribution in [0.25, 0.3) is 0 Å². The number of likely N-dealkylation sites (tertiary alicyclic amines) is 1. The van der Waals surface area contributed by atoms with Crippen molar-refractivity contribution in [2.75, 3.05) is 7.05 Å². The lowest BCUT2D eigenvalue weighted by Gasteiger charge is -2.23. The number of hydrogen-bond acceptors (Lipinski definition) is 2. The zero-order valence-corrected chi connectivity index (χ0v) is 10.1. The summed E-state index contributed by atoms with van der Waals surface area (Å²) in [5, 5.41) is 0.582. The minimum absolute atomic E-state index is 0.0706. The molecule has 90 valence electrons. The number of nitrogens with zero attached hydrogens (tertiary/aromatic N) is 1. The van der Waals surface area contributed by atoms with Crippen molar-refractivity contribution in [3.63, 3.8) is 0 Å². The van der Waals surface area contributed by atoms with Crippen LogP contribution in [0.15, 0.2) is 24.3 Å². The molecule has 0 aromatic heterocycles. The molecule has 4 nitrogen and oxygen atoms in total. The van der Waals surface area contributed by atoms with Crippen LogP contribution in [0.2, 0.25) is 5.02 Å². The van der Waals surface area contributed by atoms with Crippen molar-refractivity contribution in [1.82, 2.24) is 4.90 Å². The predicted octanol–water partition coefficient (Wildman–Crippen LogP) is 1.34. The Labute approximate surface area is 104 Å². The molecule has 1 fully saturated rings. The lowest BCUT2D eigenvalue weighted by molar-refractivity contribution is -0.128. The molecule has 1 aliphatic heterocycles. The third-order valence-electron chi connectivity index (χ3n) is 3.14. The third-order valence-corrected chi connectivity index (χ3v) is 3.38. The van der Waals surface area contributed by atoms with Gasteiger partial charge in [0, 0.05) is 18.5 Å². The molecule has 1 aromatic rings. The molecule has 2 amide bonds. The highest BCUT2D eigenvalue weighted by Crippen LogP contribution is 2.37. The van der Waals surface area contributed by atoms with E-state index in [0.717, 1.165) is 5.56 Å². The van der Waals surface area contributed by atoms with Gasteiger partial charge in [0.05, 0.1) is 12.0 Å². The van der Waals surface area contributed by atoms with Crippen LogP contribution in [0.1, 0.15) is 18.0 Å². The van der Waals surface area contributed by atoms with E-state index in [4.69, 9.17) is 17.3 Å². The number of carbonyl (C=O) groups is 2. The largest absolute Gasteiger partial charge is 0.369 e. The Bertz CT molecular complexity index is 475. The second-order valence-corrected chi connectivity index (χ2v) is 4.65. The molecule has 1 heterocycles. The number of hydrogen-bond donors (Lipinski definition) is 1. The topological polar surface area (TPSA) is 63.4 Å². The lowest BCUT2D eigenvalue weighted by Crippen LogP contribution is -2.30. The smallest absolute Gasteiger partial charge is 0.223 e. The molecule has 5 heteroatoms. The second kappa shape index (κ2) is 4.37. The Morgan fingerprint density at radius 1 is 1.53 bits per heavy atom. The number of halogens is 1. The van der Waals surface area contributed by atoms with Crippen molar-refractivity contribution in [2.24, 2.45) is 11.7 Å². The molecular weight excluding hydrogens is 240 g/mol. The summed E-state index contributed by atoms with van der Waals surface area (Å²) in [5.74, 6) is -1.00. The zero-order chi connectivity index (χ0) is 12.6. The summed E-state index contributed by atoms with van der Waals surface area (Å²) in [4.78, 5) is 24.6. The second-order valence-electron chi connectivity index (χ2n) is 4.22. The van der Waals surface area contributed by atoms with E-state index in [1.165, 1.54) is 0 Å². The summed E-state index contributed by atoms with van der Waals surface area (Å²) in [6.07, 6.45) is 0.170. The van der Waals surface area contributed by atoms with Gasteiger partial charge in [-0.1, -0.05) is 23.7 Å². The van der Waals surface area contributed by atoms with E-state index < -0.39 is 11.8 Å². The molecule has 1 aliphatic rings. The van der Waals surface area contributed by atoms with Crippen LogP contribution < -0.4 is 5.73 Å². The molecular formula is C12H13ClN2O2. The van der Waals surface area contributed by atoms with Gasteiger partial charge in [-0.3, -0.25) is 9.59 Å². The van der Waals surface area contributed by atoms with Gasteiger partial charge in [0.25, 0.3) is 0 Å². The fourth-order valence-corrected chi connectivity index (χ4v) is 2.47.